The van der Waals surface area contributed by atoms with Crippen LogP contribution in [0.3, 0.4) is 0 Å². The van der Waals surface area contributed by atoms with Crippen LogP contribution in [-0.4, -0.2) is 46.1 Å². The highest BCUT2D eigenvalue weighted by Gasteiger charge is 2.22. The van der Waals surface area contributed by atoms with Crippen molar-refractivity contribution < 1.29 is 7.86 Å². The largest absolute Gasteiger partial charge is 0.390 e. The van der Waals surface area contributed by atoms with Crippen LogP contribution in [0.1, 0.15) is 41.6 Å². The topological polar surface area (TPSA) is 124 Å². The van der Waals surface area contributed by atoms with Crippen LogP contribution in [0.2, 0.25) is 0 Å². The van der Waals surface area contributed by atoms with Crippen LogP contribution in [0.5, 0.6) is 0 Å². The van der Waals surface area contributed by atoms with Gasteiger partial charge in [0.1, 0.15) is 11.3 Å². The van der Waals surface area contributed by atoms with Gasteiger partial charge in [-0.2, -0.15) is 5.21 Å². The Hall–Kier alpha value is -4.52. The average Bonchev–Trinajstić information content (AvgIpc) is 3.68. The number of unbranched alkanes of at least 4 members (excludes halogenated alkanes) is 1. The number of carbonyl (C=O) groups is 1. The number of pyridine rings is 2. The van der Waals surface area contributed by atoms with Crippen LogP contribution >= 0.6 is 23.0 Å². The fourth-order valence-electron chi connectivity index (χ4n) is 4.87. The zero-order valence-electron chi connectivity index (χ0n) is 22.2. The van der Waals surface area contributed by atoms with E-state index in [1.165, 1.54) is 0 Å². The Morgan fingerprint density at radius 1 is 0.976 bits per heavy atom. The second-order valence-electron chi connectivity index (χ2n) is 9.50. The summed E-state index contributed by atoms with van der Waals surface area (Å²) in [4.78, 5) is 27.0. The van der Waals surface area contributed by atoms with Gasteiger partial charge in [-0.15, -0.1) is 10.2 Å². The van der Waals surface area contributed by atoms with E-state index in [0.29, 0.717) is 34.8 Å². The van der Waals surface area contributed by atoms with Gasteiger partial charge in [0.05, 0.1) is 12.2 Å². The van der Waals surface area contributed by atoms with E-state index in [9.17, 15) is 4.79 Å². The van der Waals surface area contributed by atoms with Crippen LogP contribution in [0, 0.1) is 0 Å². The van der Waals surface area contributed by atoms with Crippen molar-refractivity contribution in [1.29, 1.82) is 0 Å². The number of aromatic nitrogens is 8. The zero-order valence-corrected chi connectivity index (χ0v) is 24.3. The molecular formula is C30H25IN8O2. The zero-order chi connectivity index (χ0) is 28.2. The van der Waals surface area contributed by atoms with Gasteiger partial charge in [-0.25, -0.2) is 14.8 Å². The lowest BCUT2D eigenvalue weighted by Crippen LogP contribution is -2.09. The smallest absolute Gasteiger partial charge is 0.367 e. The van der Waals surface area contributed by atoms with Gasteiger partial charge < -0.3 is 7.63 Å². The monoisotopic (exact) mass is 656 g/mol. The fourth-order valence-corrected chi connectivity index (χ4v) is 5.08. The summed E-state index contributed by atoms with van der Waals surface area (Å²) in [5.74, 6) is 0.945. The molecule has 1 N–H and O–H groups in total. The van der Waals surface area contributed by atoms with Gasteiger partial charge in [-0.05, 0) is 46.5 Å². The second kappa shape index (κ2) is 11.9. The Morgan fingerprint density at radius 3 is 2.49 bits per heavy atom. The minimum absolute atomic E-state index is 0.210. The van der Waals surface area contributed by atoms with Crippen molar-refractivity contribution in [3.63, 3.8) is 0 Å². The van der Waals surface area contributed by atoms with Crippen molar-refractivity contribution in [3.05, 3.63) is 96.1 Å². The molecule has 41 heavy (non-hydrogen) atoms. The van der Waals surface area contributed by atoms with Gasteiger partial charge in [-0.3, -0.25) is 4.98 Å². The first-order chi connectivity index (χ1) is 20.2. The SMILES string of the molecule is CCCCc1nc2cc(-c3ccccn3)c(C(=O)OI)nc2n1Cc1ccc(-c2ccccc2-c2nn[nH]n2)cc1. The van der Waals surface area contributed by atoms with Crippen LogP contribution in [0.15, 0.2) is 79.0 Å². The number of hydrogen-bond donors (Lipinski definition) is 1. The Kier molecular flexibility index (Phi) is 7.76. The summed E-state index contributed by atoms with van der Waals surface area (Å²) in [6.07, 6.45) is 4.52. The molecule has 0 radical (unpaired) electrons. The normalized spacial score (nSPS) is 11.2. The number of benzene rings is 2. The van der Waals surface area contributed by atoms with Crippen molar-refractivity contribution >= 4 is 40.1 Å². The highest BCUT2D eigenvalue weighted by molar-refractivity contribution is 14.1. The fraction of sp³-hybridized carbons (Fsp3) is 0.167. The summed E-state index contributed by atoms with van der Waals surface area (Å²) >= 11 is 1.60. The molecule has 0 aliphatic heterocycles. The number of aromatic amines is 1. The van der Waals surface area contributed by atoms with E-state index < -0.39 is 5.97 Å². The summed E-state index contributed by atoms with van der Waals surface area (Å²) in [6.45, 7) is 2.71. The minimum Gasteiger partial charge on any atom is -0.390 e. The number of fused-ring (bicyclic) bond motifs is 1. The summed E-state index contributed by atoms with van der Waals surface area (Å²) in [5, 5.41) is 14.5. The number of carbonyl (C=O) groups excluding carboxylic acids is 1. The molecule has 0 saturated carbocycles. The van der Waals surface area contributed by atoms with E-state index in [2.05, 4.69) is 61.4 Å². The summed E-state index contributed by atoms with van der Waals surface area (Å²) < 4.78 is 7.16. The number of nitrogens with one attached hydrogen (secondary N) is 1. The molecule has 6 aromatic rings. The Balaban J connectivity index is 1.40. The molecule has 0 atom stereocenters. The molecule has 204 valence electrons. The lowest BCUT2D eigenvalue weighted by Gasteiger charge is -2.12. The van der Waals surface area contributed by atoms with Gasteiger partial charge in [0, 0.05) is 23.7 Å². The standard InChI is InChI=1S/C30H25IN8O2/c1-2-3-11-26-33-25-17-23(24-10-6-7-16-32-24)27(30(40)41-31)34-29(25)39(26)18-19-12-14-20(15-13-19)21-8-4-5-9-22(21)28-35-37-38-36-28/h4-10,12-17H,2-3,11,18H2,1H3,(H,35,36,37,38). The number of H-pyrrole nitrogens is 1. The van der Waals surface area contributed by atoms with Crippen LogP contribution in [-0.2, 0) is 16.0 Å². The molecule has 2 aromatic carbocycles. The lowest BCUT2D eigenvalue weighted by atomic mass is 9.98. The van der Waals surface area contributed by atoms with Gasteiger partial charge in [0.2, 0.25) is 5.82 Å². The molecule has 11 heteroatoms. The van der Waals surface area contributed by atoms with E-state index in [0.717, 1.165) is 47.3 Å². The maximum atomic E-state index is 12.8. The quantitative estimate of drug-likeness (QED) is 0.182. The van der Waals surface area contributed by atoms with Gasteiger partial charge >= 0.3 is 5.97 Å². The molecule has 0 amide bonds. The van der Waals surface area contributed by atoms with E-state index in [1.54, 1.807) is 29.2 Å². The lowest BCUT2D eigenvalue weighted by molar-refractivity contribution is 0.0795. The molecule has 0 bridgehead atoms. The highest BCUT2D eigenvalue weighted by Crippen LogP contribution is 2.31. The Morgan fingerprint density at radius 2 is 1.78 bits per heavy atom. The molecule has 10 nitrogen and oxygen atoms in total. The number of imidazole rings is 1. The number of rotatable bonds is 9. The van der Waals surface area contributed by atoms with Crippen molar-refractivity contribution in [2.24, 2.45) is 0 Å². The van der Waals surface area contributed by atoms with Crippen molar-refractivity contribution in [3.8, 4) is 33.8 Å². The van der Waals surface area contributed by atoms with Crippen molar-refractivity contribution in [1.82, 2.24) is 40.1 Å². The van der Waals surface area contributed by atoms with E-state index >= 15 is 0 Å². The maximum Gasteiger partial charge on any atom is 0.367 e. The summed E-state index contributed by atoms with van der Waals surface area (Å²) in [5.41, 5.74) is 6.84. The van der Waals surface area contributed by atoms with E-state index in [1.807, 2.05) is 48.5 Å². The van der Waals surface area contributed by atoms with Gasteiger partial charge in [-0.1, -0.05) is 67.9 Å². The minimum atomic E-state index is -0.527. The van der Waals surface area contributed by atoms with E-state index in [4.69, 9.17) is 13.0 Å². The molecule has 6 rings (SSSR count). The molecular weight excluding hydrogens is 631 g/mol. The predicted molar refractivity (Wildman–Crippen MR) is 163 cm³/mol. The number of hydrogen-bond acceptors (Lipinski definition) is 8. The number of nitrogens with zero attached hydrogens (tertiary/aromatic N) is 7. The second-order valence-corrected chi connectivity index (χ2v) is 9.94. The van der Waals surface area contributed by atoms with Crippen LogP contribution in [0.25, 0.3) is 44.9 Å². The molecule has 0 aliphatic rings. The third kappa shape index (κ3) is 5.44. The summed E-state index contributed by atoms with van der Waals surface area (Å²) in [6, 6.07) is 23.8. The summed E-state index contributed by atoms with van der Waals surface area (Å²) in [7, 11) is 0. The van der Waals surface area contributed by atoms with Crippen LogP contribution < -0.4 is 0 Å². The Labute approximate surface area is 249 Å². The third-order valence-electron chi connectivity index (χ3n) is 6.88. The molecule has 0 unspecified atom stereocenters. The van der Waals surface area contributed by atoms with Crippen molar-refractivity contribution in [2.75, 3.05) is 0 Å². The number of halogens is 1. The van der Waals surface area contributed by atoms with Crippen LogP contribution in [0.4, 0.5) is 0 Å². The van der Waals surface area contributed by atoms with Gasteiger partial charge in [0.25, 0.3) is 0 Å². The molecule has 0 saturated heterocycles. The Bertz CT molecular complexity index is 1800. The van der Waals surface area contributed by atoms with Gasteiger partial charge in [0.15, 0.2) is 34.3 Å². The third-order valence-corrected chi connectivity index (χ3v) is 7.28. The highest BCUT2D eigenvalue weighted by atomic mass is 127. The molecule has 0 fully saturated rings. The average molecular weight is 656 g/mol. The first kappa shape index (κ1) is 26.7. The molecule has 0 spiro atoms. The first-order valence-corrected chi connectivity index (χ1v) is 14.1. The maximum absolute atomic E-state index is 12.8. The number of tetrazole rings is 1. The van der Waals surface area contributed by atoms with E-state index in [-0.39, 0.29) is 5.69 Å². The molecule has 0 aliphatic carbocycles. The first-order valence-electron chi connectivity index (χ1n) is 13.2. The molecule has 4 aromatic heterocycles. The number of aryl methyl sites for hydroxylation is 1. The molecule has 4 heterocycles. The predicted octanol–water partition coefficient (Wildman–Crippen LogP) is 6.24. The van der Waals surface area contributed by atoms with Crippen molar-refractivity contribution in [2.45, 2.75) is 32.7 Å².